The Bertz CT molecular complexity index is 858. The van der Waals surface area contributed by atoms with Gasteiger partial charge in [0.2, 0.25) is 0 Å². The molecular weight excluding hydrogens is 378 g/mol. The Hall–Kier alpha value is -2.82. The number of alkyl carbamates (subject to hydrolysis) is 1. The number of benzene rings is 2. The van der Waals surface area contributed by atoms with Crippen molar-refractivity contribution in [2.75, 3.05) is 6.61 Å². The van der Waals surface area contributed by atoms with Crippen molar-refractivity contribution in [3.8, 4) is 11.1 Å². The van der Waals surface area contributed by atoms with Gasteiger partial charge in [0.15, 0.2) is 0 Å². The molecule has 2 aromatic carbocycles. The molecule has 0 unspecified atom stereocenters. The number of ether oxygens (including phenoxy) is 1. The highest BCUT2D eigenvalue weighted by Gasteiger charge is 2.29. The molecule has 0 aliphatic heterocycles. The van der Waals surface area contributed by atoms with Crippen LogP contribution < -0.4 is 10.4 Å². The highest BCUT2D eigenvalue weighted by molar-refractivity contribution is 5.79. The van der Waals surface area contributed by atoms with Crippen molar-refractivity contribution in [3.63, 3.8) is 0 Å². The molecule has 5 heteroatoms. The molecule has 4 rings (SSSR count). The summed E-state index contributed by atoms with van der Waals surface area (Å²) in [6.07, 6.45) is 5.70. The van der Waals surface area contributed by atoms with Crippen LogP contribution >= 0.6 is 0 Å². The molecule has 0 aromatic heterocycles. The zero-order valence-corrected chi connectivity index (χ0v) is 17.1. The fourth-order valence-electron chi connectivity index (χ4n) is 5.03. The third-order valence-corrected chi connectivity index (χ3v) is 6.42. The molecule has 1 N–H and O–H groups in total. The van der Waals surface area contributed by atoms with Gasteiger partial charge in [0, 0.05) is 24.3 Å². The SMILES string of the molecule is O=C([O-])C[C@H](CC1CCCCC1)NC(=O)OCC1c2ccccc2-c2ccccc21. The van der Waals surface area contributed by atoms with Gasteiger partial charge < -0.3 is 20.0 Å². The van der Waals surface area contributed by atoms with Gasteiger partial charge in [-0.25, -0.2) is 4.79 Å². The first-order valence-corrected chi connectivity index (χ1v) is 10.9. The van der Waals surface area contributed by atoms with E-state index in [-0.39, 0.29) is 18.9 Å². The Morgan fingerprint density at radius 1 is 0.967 bits per heavy atom. The number of carboxylic acid groups (broad SMARTS) is 1. The minimum absolute atomic E-state index is 0.0129. The van der Waals surface area contributed by atoms with Crippen molar-refractivity contribution in [1.82, 2.24) is 5.32 Å². The lowest BCUT2D eigenvalue weighted by Crippen LogP contribution is -2.41. The number of hydrogen-bond donors (Lipinski definition) is 1. The van der Waals surface area contributed by atoms with E-state index in [0.29, 0.717) is 12.3 Å². The minimum atomic E-state index is -1.14. The largest absolute Gasteiger partial charge is 0.550 e. The van der Waals surface area contributed by atoms with Crippen molar-refractivity contribution in [2.45, 2.75) is 56.9 Å². The van der Waals surface area contributed by atoms with E-state index in [0.717, 1.165) is 24.0 Å². The molecule has 30 heavy (non-hydrogen) atoms. The summed E-state index contributed by atoms with van der Waals surface area (Å²) in [7, 11) is 0. The van der Waals surface area contributed by atoms with Crippen LogP contribution in [-0.2, 0) is 9.53 Å². The molecule has 0 bridgehead atoms. The molecule has 1 atom stereocenters. The maximum Gasteiger partial charge on any atom is 0.407 e. The topological polar surface area (TPSA) is 78.5 Å². The van der Waals surface area contributed by atoms with Gasteiger partial charge in [0.25, 0.3) is 0 Å². The van der Waals surface area contributed by atoms with Crippen LogP contribution in [0.3, 0.4) is 0 Å². The molecule has 0 spiro atoms. The van der Waals surface area contributed by atoms with Gasteiger partial charge >= 0.3 is 6.09 Å². The summed E-state index contributed by atoms with van der Waals surface area (Å²) >= 11 is 0. The zero-order valence-electron chi connectivity index (χ0n) is 17.1. The summed E-state index contributed by atoms with van der Waals surface area (Å²) in [6, 6.07) is 15.9. The predicted molar refractivity (Wildman–Crippen MR) is 113 cm³/mol. The Morgan fingerprint density at radius 3 is 2.17 bits per heavy atom. The summed E-state index contributed by atoms with van der Waals surface area (Å²) in [5.74, 6) is -0.701. The molecular formula is C25H28NO4-. The molecule has 158 valence electrons. The van der Waals surface area contributed by atoms with E-state index in [4.69, 9.17) is 4.74 Å². The summed E-state index contributed by atoms with van der Waals surface area (Å²) < 4.78 is 5.58. The van der Waals surface area contributed by atoms with Gasteiger partial charge in [-0.05, 0) is 34.6 Å². The number of carbonyl (C=O) groups excluding carboxylic acids is 2. The summed E-state index contributed by atoms with van der Waals surface area (Å²) in [5, 5.41) is 14.0. The third kappa shape index (κ3) is 4.66. The molecule has 2 aliphatic rings. The van der Waals surface area contributed by atoms with Crippen LogP contribution in [0.2, 0.25) is 0 Å². The standard InChI is InChI=1S/C25H29NO4/c27-24(28)15-18(14-17-8-2-1-3-9-17)26-25(29)30-16-23-21-12-6-4-10-19(21)20-11-5-7-13-22(20)23/h4-7,10-13,17-18,23H,1-3,8-9,14-16H2,(H,26,29)(H,27,28)/p-1/t18-/m0/s1. The van der Waals surface area contributed by atoms with Crippen LogP contribution in [0.5, 0.6) is 0 Å². The second-order valence-corrected chi connectivity index (χ2v) is 8.48. The molecule has 0 radical (unpaired) electrons. The van der Waals surface area contributed by atoms with Crippen LogP contribution in [0.15, 0.2) is 48.5 Å². The quantitative estimate of drug-likeness (QED) is 0.754. The highest BCUT2D eigenvalue weighted by Crippen LogP contribution is 2.44. The number of fused-ring (bicyclic) bond motifs is 3. The molecule has 0 heterocycles. The number of carboxylic acids is 1. The van der Waals surface area contributed by atoms with E-state index in [2.05, 4.69) is 29.6 Å². The number of carbonyl (C=O) groups is 2. The lowest BCUT2D eigenvalue weighted by molar-refractivity contribution is -0.306. The molecule has 1 amide bonds. The Kier molecular flexibility index (Phi) is 6.36. The van der Waals surface area contributed by atoms with Gasteiger partial charge in [0.1, 0.15) is 6.61 Å². The van der Waals surface area contributed by atoms with Crippen LogP contribution in [0, 0.1) is 5.92 Å². The molecule has 2 aromatic rings. The normalized spacial score (nSPS) is 17.1. The number of nitrogens with one attached hydrogen (secondary N) is 1. The minimum Gasteiger partial charge on any atom is -0.550 e. The van der Waals surface area contributed by atoms with Crippen LogP contribution in [0.25, 0.3) is 11.1 Å². The van der Waals surface area contributed by atoms with Gasteiger partial charge in [-0.3, -0.25) is 0 Å². The predicted octanol–water partition coefficient (Wildman–Crippen LogP) is 4.00. The number of aliphatic carboxylic acids is 1. The molecule has 5 nitrogen and oxygen atoms in total. The Balaban J connectivity index is 1.39. The highest BCUT2D eigenvalue weighted by atomic mass is 16.5. The number of hydrogen-bond acceptors (Lipinski definition) is 4. The third-order valence-electron chi connectivity index (χ3n) is 6.42. The summed E-state index contributed by atoms with van der Waals surface area (Å²) in [5.41, 5.74) is 4.66. The molecule has 2 aliphatic carbocycles. The summed E-state index contributed by atoms with van der Waals surface area (Å²) in [6.45, 7) is 0.224. The average Bonchev–Trinajstić information content (AvgIpc) is 3.06. The van der Waals surface area contributed by atoms with Crippen LogP contribution in [0.4, 0.5) is 4.79 Å². The van der Waals surface area contributed by atoms with Crippen molar-refractivity contribution < 1.29 is 19.4 Å². The van der Waals surface area contributed by atoms with E-state index in [1.54, 1.807) is 0 Å². The molecule has 1 fully saturated rings. The van der Waals surface area contributed by atoms with Gasteiger partial charge in [-0.1, -0.05) is 80.6 Å². The fraction of sp³-hybridized carbons (Fsp3) is 0.440. The Morgan fingerprint density at radius 2 is 1.57 bits per heavy atom. The lowest BCUT2D eigenvalue weighted by Gasteiger charge is -2.27. The first-order valence-electron chi connectivity index (χ1n) is 10.9. The van der Waals surface area contributed by atoms with Crippen molar-refractivity contribution in [3.05, 3.63) is 59.7 Å². The van der Waals surface area contributed by atoms with E-state index < -0.39 is 18.1 Å². The van der Waals surface area contributed by atoms with Crippen LogP contribution in [-0.4, -0.2) is 24.7 Å². The second-order valence-electron chi connectivity index (χ2n) is 8.48. The smallest absolute Gasteiger partial charge is 0.407 e. The van der Waals surface area contributed by atoms with E-state index in [9.17, 15) is 14.7 Å². The first-order chi connectivity index (χ1) is 14.6. The monoisotopic (exact) mass is 406 g/mol. The number of amides is 1. The van der Waals surface area contributed by atoms with E-state index in [1.165, 1.54) is 30.4 Å². The van der Waals surface area contributed by atoms with Crippen molar-refractivity contribution in [1.29, 1.82) is 0 Å². The Labute approximate surface area is 177 Å². The number of rotatable bonds is 7. The summed E-state index contributed by atoms with van der Waals surface area (Å²) in [4.78, 5) is 23.7. The first kappa shape index (κ1) is 20.5. The lowest BCUT2D eigenvalue weighted by atomic mass is 9.84. The van der Waals surface area contributed by atoms with Gasteiger partial charge in [-0.15, -0.1) is 0 Å². The fourth-order valence-corrected chi connectivity index (χ4v) is 5.03. The maximum atomic E-state index is 12.5. The van der Waals surface area contributed by atoms with Crippen molar-refractivity contribution >= 4 is 12.1 Å². The molecule has 1 saturated carbocycles. The van der Waals surface area contributed by atoms with E-state index in [1.807, 2.05) is 24.3 Å². The van der Waals surface area contributed by atoms with Gasteiger partial charge in [0.05, 0.1) is 0 Å². The van der Waals surface area contributed by atoms with Crippen LogP contribution in [0.1, 0.15) is 62.0 Å². The average molecular weight is 407 g/mol. The second kappa shape index (κ2) is 9.33. The maximum absolute atomic E-state index is 12.5. The molecule has 0 saturated heterocycles. The van der Waals surface area contributed by atoms with E-state index >= 15 is 0 Å². The zero-order chi connectivity index (χ0) is 20.9. The van der Waals surface area contributed by atoms with Gasteiger partial charge in [-0.2, -0.15) is 0 Å². The van der Waals surface area contributed by atoms with Crippen molar-refractivity contribution in [2.24, 2.45) is 5.92 Å².